The van der Waals surface area contributed by atoms with Crippen molar-refractivity contribution in [3.8, 4) is 0 Å². The van der Waals surface area contributed by atoms with Crippen molar-refractivity contribution in [1.82, 2.24) is 10.2 Å². The molecule has 4 N–H and O–H groups in total. The van der Waals surface area contributed by atoms with E-state index < -0.39 is 6.09 Å². The molecule has 8 nitrogen and oxygen atoms in total. The Morgan fingerprint density at radius 3 is 2.00 bits per heavy atom. The molecule has 8 heteroatoms. The number of hydrogen-bond donors (Lipinski definition) is 4. The summed E-state index contributed by atoms with van der Waals surface area (Å²) in [5.74, 6) is 0. The summed E-state index contributed by atoms with van der Waals surface area (Å²) in [7, 11) is 0. The van der Waals surface area contributed by atoms with E-state index in [-0.39, 0.29) is 6.03 Å². The molecular formula is C21H26N4O4. The number of carboxylic acid groups (broad SMARTS) is 1. The van der Waals surface area contributed by atoms with Crippen LogP contribution in [0, 0.1) is 0 Å². The molecule has 2 aromatic carbocycles. The molecule has 0 bridgehead atoms. The van der Waals surface area contributed by atoms with Gasteiger partial charge in [0.2, 0.25) is 0 Å². The van der Waals surface area contributed by atoms with Crippen molar-refractivity contribution in [3.63, 3.8) is 0 Å². The van der Waals surface area contributed by atoms with Crippen LogP contribution in [0.15, 0.2) is 48.5 Å². The Morgan fingerprint density at radius 1 is 0.897 bits per heavy atom. The van der Waals surface area contributed by atoms with E-state index in [2.05, 4.69) is 20.9 Å². The maximum Gasteiger partial charge on any atom is 0.409 e. The predicted octanol–water partition coefficient (Wildman–Crippen LogP) is 2.82. The maximum atomic E-state index is 12.0. The third-order valence-electron chi connectivity index (χ3n) is 4.64. The first-order valence-electron chi connectivity index (χ1n) is 9.61. The van der Waals surface area contributed by atoms with Gasteiger partial charge in [0.15, 0.2) is 0 Å². The van der Waals surface area contributed by atoms with Crippen molar-refractivity contribution in [2.45, 2.75) is 6.42 Å². The molecule has 2 aromatic rings. The molecule has 0 unspecified atom stereocenters. The van der Waals surface area contributed by atoms with Gasteiger partial charge in [-0.3, -0.25) is 10.2 Å². The van der Waals surface area contributed by atoms with Gasteiger partial charge < -0.3 is 20.5 Å². The van der Waals surface area contributed by atoms with Crippen molar-refractivity contribution in [2.75, 3.05) is 50.0 Å². The van der Waals surface area contributed by atoms with E-state index in [1.54, 1.807) is 12.1 Å². The number of carbonyl (C=O) groups is 2. The van der Waals surface area contributed by atoms with Crippen LogP contribution in [0.1, 0.15) is 11.1 Å². The molecule has 1 aliphatic heterocycles. The van der Waals surface area contributed by atoms with Gasteiger partial charge in [-0.05, 0) is 41.8 Å². The number of benzene rings is 2. The Bertz CT molecular complexity index is 802. The summed E-state index contributed by atoms with van der Waals surface area (Å²) in [6.45, 7) is 4.73. The third kappa shape index (κ3) is 7.10. The van der Waals surface area contributed by atoms with E-state index in [9.17, 15) is 9.59 Å². The number of urea groups is 1. The lowest BCUT2D eigenvalue weighted by Gasteiger charge is -2.26. The van der Waals surface area contributed by atoms with Gasteiger partial charge in [-0.25, -0.2) is 9.59 Å². The van der Waals surface area contributed by atoms with E-state index in [1.807, 2.05) is 36.4 Å². The molecule has 3 rings (SSSR count). The number of rotatable bonds is 7. The van der Waals surface area contributed by atoms with Gasteiger partial charge in [0.25, 0.3) is 0 Å². The summed E-state index contributed by atoms with van der Waals surface area (Å²) >= 11 is 0. The highest BCUT2D eigenvalue weighted by Gasteiger charge is 2.10. The fourth-order valence-electron chi connectivity index (χ4n) is 3.10. The third-order valence-corrected chi connectivity index (χ3v) is 4.64. The molecule has 29 heavy (non-hydrogen) atoms. The normalized spacial score (nSPS) is 14.2. The Labute approximate surface area is 169 Å². The fraction of sp³-hybridized carbons (Fsp3) is 0.333. The number of nitrogens with zero attached hydrogens (tertiary/aromatic N) is 1. The van der Waals surface area contributed by atoms with Crippen LogP contribution in [-0.2, 0) is 11.2 Å². The van der Waals surface area contributed by atoms with Crippen LogP contribution in [-0.4, -0.2) is 61.5 Å². The Morgan fingerprint density at radius 2 is 1.45 bits per heavy atom. The summed E-state index contributed by atoms with van der Waals surface area (Å²) in [6.07, 6.45) is -0.356. The lowest BCUT2D eigenvalue weighted by molar-refractivity contribution is 0.0388. The minimum atomic E-state index is -1.08. The number of hydrogen-bond acceptors (Lipinski definition) is 4. The summed E-state index contributed by atoms with van der Waals surface area (Å²) in [6, 6.07) is 14.7. The lowest BCUT2D eigenvalue weighted by atomic mass is 10.0. The van der Waals surface area contributed by atoms with Crippen molar-refractivity contribution >= 4 is 23.5 Å². The van der Waals surface area contributed by atoms with E-state index in [0.29, 0.717) is 12.2 Å². The average Bonchev–Trinajstić information content (AvgIpc) is 2.71. The van der Waals surface area contributed by atoms with Crippen molar-refractivity contribution < 1.29 is 19.4 Å². The smallest absolute Gasteiger partial charge is 0.409 e. The minimum absolute atomic E-state index is 0.215. The van der Waals surface area contributed by atoms with Crippen LogP contribution >= 0.6 is 0 Å². The summed E-state index contributed by atoms with van der Waals surface area (Å²) < 4.78 is 5.31. The second-order valence-electron chi connectivity index (χ2n) is 6.84. The zero-order chi connectivity index (χ0) is 20.5. The molecule has 1 saturated heterocycles. The van der Waals surface area contributed by atoms with E-state index in [4.69, 9.17) is 9.84 Å². The van der Waals surface area contributed by atoms with E-state index in [0.717, 1.165) is 56.1 Å². The number of morpholine rings is 1. The van der Waals surface area contributed by atoms with E-state index in [1.165, 1.54) is 0 Å². The number of ether oxygens (including phenoxy) is 1. The number of nitrogens with one attached hydrogen (secondary N) is 3. The zero-order valence-electron chi connectivity index (χ0n) is 16.2. The quantitative estimate of drug-likeness (QED) is 0.574. The van der Waals surface area contributed by atoms with Gasteiger partial charge in [0.05, 0.1) is 13.2 Å². The molecular weight excluding hydrogens is 372 g/mol. The summed E-state index contributed by atoms with van der Waals surface area (Å²) in [5.41, 5.74) is 3.45. The monoisotopic (exact) mass is 398 g/mol. The molecule has 0 spiro atoms. The first-order valence-corrected chi connectivity index (χ1v) is 9.61. The fourth-order valence-corrected chi connectivity index (χ4v) is 3.10. The van der Waals surface area contributed by atoms with E-state index >= 15 is 0 Å². The van der Waals surface area contributed by atoms with Crippen LogP contribution in [0.4, 0.5) is 21.0 Å². The van der Waals surface area contributed by atoms with Crippen molar-refractivity contribution in [3.05, 3.63) is 59.7 Å². The Balaban J connectivity index is 1.42. The van der Waals surface area contributed by atoms with Gasteiger partial charge in [0, 0.05) is 37.6 Å². The highest BCUT2D eigenvalue weighted by atomic mass is 16.5. The standard InChI is InChI=1S/C21H26N4O4/c26-20(22-9-10-25-11-13-29-14-12-25)23-18-5-1-16(2-6-18)15-17-3-7-19(8-4-17)24-21(27)28/h1-8,24H,9-15H2,(H,27,28)(H2,22,23,26). The van der Waals surface area contributed by atoms with Gasteiger partial charge in [-0.2, -0.15) is 0 Å². The first kappa shape index (κ1) is 20.6. The molecule has 0 saturated carbocycles. The van der Waals surface area contributed by atoms with Crippen LogP contribution in [0.3, 0.4) is 0 Å². The molecule has 1 fully saturated rings. The maximum absolute atomic E-state index is 12.0. The van der Waals surface area contributed by atoms with Gasteiger partial charge in [-0.1, -0.05) is 24.3 Å². The van der Waals surface area contributed by atoms with Crippen molar-refractivity contribution in [2.24, 2.45) is 0 Å². The largest absolute Gasteiger partial charge is 0.465 e. The summed E-state index contributed by atoms with van der Waals surface area (Å²) in [5, 5.41) is 16.7. The second kappa shape index (κ2) is 10.4. The Hall–Kier alpha value is -3.10. The number of amides is 3. The van der Waals surface area contributed by atoms with Gasteiger partial charge in [-0.15, -0.1) is 0 Å². The Kier molecular flexibility index (Phi) is 7.43. The molecule has 0 radical (unpaired) electrons. The first-order chi connectivity index (χ1) is 14.1. The lowest BCUT2D eigenvalue weighted by Crippen LogP contribution is -2.42. The average molecular weight is 398 g/mol. The highest BCUT2D eigenvalue weighted by molar-refractivity contribution is 5.89. The molecule has 0 aromatic heterocycles. The van der Waals surface area contributed by atoms with Crippen LogP contribution in [0.25, 0.3) is 0 Å². The number of carbonyl (C=O) groups excluding carboxylic acids is 1. The minimum Gasteiger partial charge on any atom is -0.465 e. The topological polar surface area (TPSA) is 103 Å². The molecule has 3 amide bonds. The molecule has 0 aliphatic carbocycles. The van der Waals surface area contributed by atoms with Crippen LogP contribution < -0.4 is 16.0 Å². The van der Waals surface area contributed by atoms with Crippen LogP contribution in [0.5, 0.6) is 0 Å². The van der Waals surface area contributed by atoms with Crippen molar-refractivity contribution in [1.29, 1.82) is 0 Å². The zero-order valence-corrected chi connectivity index (χ0v) is 16.2. The SMILES string of the molecule is O=C(O)Nc1ccc(Cc2ccc(NC(=O)NCCN3CCOCC3)cc2)cc1. The number of anilines is 2. The molecule has 1 aliphatic rings. The summed E-state index contributed by atoms with van der Waals surface area (Å²) in [4.78, 5) is 24.9. The molecule has 154 valence electrons. The highest BCUT2D eigenvalue weighted by Crippen LogP contribution is 2.16. The molecule has 1 heterocycles. The van der Waals surface area contributed by atoms with Gasteiger partial charge in [0.1, 0.15) is 0 Å². The van der Waals surface area contributed by atoms with Crippen LogP contribution in [0.2, 0.25) is 0 Å². The molecule has 0 atom stereocenters. The van der Waals surface area contributed by atoms with Gasteiger partial charge >= 0.3 is 12.1 Å². The predicted molar refractivity (Wildman–Crippen MR) is 112 cm³/mol. The second-order valence-corrected chi connectivity index (χ2v) is 6.84.